The summed E-state index contributed by atoms with van der Waals surface area (Å²) in [7, 11) is 0. The molecule has 1 heterocycles. The van der Waals surface area contributed by atoms with Gasteiger partial charge in [0.2, 0.25) is 0 Å². The molecule has 1 aliphatic heterocycles. The Morgan fingerprint density at radius 1 is 1.42 bits per heavy atom. The highest BCUT2D eigenvalue weighted by Gasteiger charge is 2.63. The summed E-state index contributed by atoms with van der Waals surface area (Å²) in [6.07, 6.45) is 5.14. The van der Waals surface area contributed by atoms with Gasteiger partial charge in [0.15, 0.2) is 0 Å². The molecule has 2 saturated carbocycles. The fraction of sp³-hybridized carbons (Fsp3) is 0.700. The maximum absolute atomic E-state index is 12.4. The van der Waals surface area contributed by atoms with Gasteiger partial charge in [0.1, 0.15) is 12.7 Å². The molecule has 3 fully saturated rings. The third-order valence-corrected chi connectivity index (χ3v) is 7.07. The van der Waals surface area contributed by atoms with Crippen LogP contribution in [0.5, 0.6) is 0 Å². The summed E-state index contributed by atoms with van der Waals surface area (Å²) >= 11 is 0. The molecule has 3 aliphatic rings. The lowest BCUT2D eigenvalue weighted by molar-refractivity contribution is -0.155. The zero-order valence-electron chi connectivity index (χ0n) is 15.2. The minimum Gasteiger partial charge on any atom is -0.460 e. The average Bonchev–Trinajstić information content (AvgIpc) is 3.02. The summed E-state index contributed by atoms with van der Waals surface area (Å²) in [6, 6.07) is 0. The molecular formula is C20H28O4. The van der Waals surface area contributed by atoms with E-state index in [4.69, 9.17) is 9.47 Å². The number of ether oxygens (including phenoxy) is 2. The molecule has 4 nitrogen and oxygen atoms in total. The highest BCUT2D eigenvalue weighted by atomic mass is 16.5. The van der Waals surface area contributed by atoms with Crippen molar-refractivity contribution in [1.29, 1.82) is 0 Å². The number of hydrogen-bond acceptors (Lipinski definition) is 4. The molecule has 24 heavy (non-hydrogen) atoms. The van der Waals surface area contributed by atoms with Crippen LogP contribution in [0, 0.1) is 22.7 Å². The molecule has 0 aromatic carbocycles. The molecule has 5 atom stereocenters. The third kappa shape index (κ3) is 2.34. The molecule has 1 saturated heterocycles. The van der Waals surface area contributed by atoms with Crippen molar-refractivity contribution in [1.82, 2.24) is 0 Å². The first-order chi connectivity index (χ1) is 11.2. The van der Waals surface area contributed by atoms with E-state index < -0.39 is 5.41 Å². The van der Waals surface area contributed by atoms with E-state index in [0.29, 0.717) is 18.1 Å². The van der Waals surface area contributed by atoms with Crippen LogP contribution in [0.25, 0.3) is 0 Å². The molecule has 3 rings (SSSR count). The van der Waals surface area contributed by atoms with Crippen molar-refractivity contribution in [3.05, 3.63) is 23.8 Å². The van der Waals surface area contributed by atoms with E-state index in [1.165, 1.54) is 0 Å². The van der Waals surface area contributed by atoms with E-state index in [9.17, 15) is 9.59 Å². The summed E-state index contributed by atoms with van der Waals surface area (Å²) in [5.41, 5.74) is 1.03. The van der Waals surface area contributed by atoms with Crippen LogP contribution in [0.15, 0.2) is 23.8 Å². The zero-order valence-corrected chi connectivity index (χ0v) is 15.2. The Morgan fingerprint density at radius 2 is 2.12 bits per heavy atom. The van der Waals surface area contributed by atoms with Crippen molar-refractivity contribution >= 4 is 11.9 Å². The Kier molecular flexibility index (Phi) is 4.13. The van der Waals surface area contributed by atoms with Gasteiger partial charge in [0.05, 0.1) is 5.41 Å². The lowest BCUT2D eigenvalue weighted by atomic mass is 9.62. The lowest BCUT2D eigenvalue weighted by Crippen LogP contribution is -2.44. The Labute approximate surface area is 144 Å². The number of cyclic esters (lactones) is 1. The fourth-order valence-corrected chi connectivity index (χ4v) is 5.03. The number of rotatable bonds is 2. The summed E-state index contributed by atoms with van der Waals surface area (Å²) in [6.45, 7) is 12.5. The van der Waals surface area contributed by atoms with Crippen molar-refractivity contribution in [3.8, 4) is 0 Å². The Morgan fingerprint density at radius 3 is 2.71 bits per heavy atom. The quantitative estimate of drug-likeness (QED) is 0.438. The molecule has 0 amide bonds. The van der Waals surface area contributed by atoms with Crippen LogP contribution in [-0.4, -0.2) is 24.6 Å². The standard InChI is InChI=1S/C20H28O4/c1-6-12(2)17(21)24-16-8-7-15-9-20(11-19(15,5)14(16)4)13(3)10-23-18(20)22/h6,14-16H,3,7-11H2,1-2,4-5H3/b12-6+/t14-,15+,16+,19+,20+/m0/s1. The third-order valence-electron chi connectivity index (χ3n) is 7.07. The van der Waals surface area contributed by atoms with E-state index in [1.54, 1.807) is 13.0 Å². The molecule has 0 radical (unpaired) electrons. The number of hydrogen-bond donors (Lipinski definition) is 0. The maximum Gasteiger partial charge on any atom is 0.333 e. The molecule has 0 N–H and O–H groups in total. The van der Waals surface area contributed by atoms with Gasteiger partial charge in [0.25, 0.3) is 0 Å². The van der Waals surface area contributed by atoms with E-state index in [2.05, 4.69) is 20.4 Å². The van der Waals surface area contributed by atoms with Crippen molar-refractivity contribution in [3.63, 3.8) is 0 Å². The van der Waals surface area contributed by atoms with Crippen molar-refractivity contribution in [2.75, 3.05) is 6.61 Å². The normalized spacial score (nSPS) is 42.2. The molecule has 0 bridgehead atoms. The summed E-state index contributed by atoms with van der Waals surface area (Å²) in [5, 5.41) is 0. The van der Waals surface area contributed by atoms with Gasteiger partial charge >= 0.3 is 11.9 Å². The minimum atomic E-state index is -0.508. The van der Waals surface area contributed by atoms with Crippen molar-refractivity contribution in [2.24, 2.45) is 22.7 Å². The van der Waals surface area contributed by atoms with Gasteiger partial charge in [0, 0.05) is 5.57 Å². The number of allylic oxidation sites excluding steroid dienone is 1. The van der Waals surface area contributed by atoms with Crippen LogP contribution in [0.1, 0.15) is 53.4 Å². The second-order valence-electron chi connectivity index (χ2n) is 8.13. The van der Waals surface area contributed by atoms with Crippen molar-refractivity contribution in [2.45, 2.75) is 59.5 Å². The average molecular weight is 332 g/mol. The summed E-state index contributed by atoms with van der Waals surface area (Å²) < 4.78 is 11.1. The largest absolute Gasteiger partial charge is 0.460 e. The smallest absolute Gasteiger partial charge is 0.333 e. The molecule has 0 unspecified atom stereocenters. The molecular weight excluding hydrogens is 304 g/mol. The lowest BCUT2D eigenvalue weighted by Gasteiger charge is -2.46. The van der Waals surface area contributed by atoms with Crippen LogP contribution in [0.4, 0.5) is 0 Å². The van der Waals surface area contributed by atoms with Gasteiger partial charge in [-0.1, -0.05) is 26.5 Å². The molecule has 4 heteroatoms. The molecule has 0 aromatic rings. The molecule has 2 aliphatic carbocycles. The zero-order chi connectivity index (χ0) is 17.7. The van der Waals surface area contributed by atoms with Crippen LogP contribution < -0.4 is 0 Å². The SMILES string of the molecule is C=C1COC(=O)[C@@]12C[C@H]1CC[C@@H](OC(=O)/C(C)=C/C)[C@H](C)[C@@]1(C)C2. The highest BCUT2D eigenvalue weighted by Crippen LogP contribution is 2.65. The number of fused-ring (bicyclic) bond motifs is 1. The highest BCUT2D eigenvalue weighted by molar-refractivity contribution is 5.87. The van der Waals surface area contributed by atoms with E-state index >= 15 is 0 Å². The van der Waals surface area contributed by atoms with Gasteiger partial charge in [-0.25, -0.2) is 4.79 Å². The Bertz CT molecular complexity index is 601. The van der Waals surface area contributed by atoms with Crippen molar-refractivity contribution < 1.29 is 19.1 Å². The minimum absolute atomic E-state index is 0.0284. The summed E-state index contributed by atoms with van der Waals surface area (Å²) in [4.78, 5) is 24.6. The van der Waals surface area contributed by atoms with Crippen LogP contribution in [0.3, 0.4) is 0 Å². The van der Waals surface area contributed by atoms with Gasteiger partial charge in [-0.15, -0.1) is 0 Å². The van der Waals surface area contributed by atoms with Crippen LogP contribution >= 0.6 is 0 Å². The van der Waals surface area contributed by atoms with Crippen LogP contribution in [-0.2, 0) is 19.1 Å². The number of esters is 2. The topological polar surface area (TPSA) is 52.6 Å². The first kappa shape index (κ1) is 17.2. The number of carbonyl (C=O) groups is 2. The number of carbonyl (C=O) groups excluding carboxylic acids is 2. The molecule has 1 spiro atoms. The maximum atomic E-state index is 12.4. The molecule has 132 valence electrons. The van der Waals surface area contributed by atoms with E-state index in [0.717, 1.165) is 31.3 Å². The summed E-state index contributed by atoms with van der Waals surface area (Å²) in [5.74, 6) is 0.334. The Hall–Kier alpha value is -1.58. The second-order valence-corrected chi connectivity index (χ2v) is 8.13. The van der Waals surface area contributed by atoms with Crippen LogP contribution in [0.2, 0.25) is 0 Å². The van der Waals surface area contributed by atoms with Gasteiger partial charge in [-0.3, -0.25) is 4.79 Å². The van der Waals surface area contributed by atoms with E-state index in [1.807, 2.05) is 6.92 Å². The first-order valence-corrected chi connectivity index (χ1v) is 8.94. The van der Waals surface area contributed by atoms with Gasteiger partial charge in [-0.2, -0.15) is 0 Å². The fourth-order valence-electron chi connectivity index (χ4n) is 5.03. The predicted molar refractivity (Wildman–Crippen MR) is 91.1 cm³/mol. The van der Waals surface area contributed by atoms with Gasteiger partial charge in [-0.05, 0) is 62.4 Å². The molecule has 0 aromatic heterocycles. The van der Waals surface area contributed by atoms with E-state index in [-0.39, 0.29) is 29.4 Å². The second kappa shape index (κ2) is 5.75. The van der Waals surface area contributed by atoms with Gasteiger partial charge < -0.3 is 9.47 Å². The predicted octanol–water partition coefficient (Wildman–Crippen LogP) is 3.81. The first-order valence-electron chi connectivity index (χ1n) is 8.94. The monoisotopic (exact) mass is 332 g/mol. The Balaban J connectivity index is 1.82.